The molecule has 0 N–H and O–H groups in total. The summed E-state index contributed by atoms with van der Waals surface area (Å²) in [6.45, 7) is 9.13. The minimum atomic E-state index is 0.426. The summed E-state index contributed by atoms with van der Waals surface area (Å²) in [5, 5.41) is 0. The predicted octanol–water partition coefficient (Wildman–Crippen LogP) is 4.30. The van der Waals surface area contributed by atoms with Gasteiger partial charge in [0.25, 0.3) is 0 Å². The van der Waals surface area contributed by atoms with Crippen LogP contribution in [-0.2, 0) is 0 Å². The highest BCUT2D eigenvalue weighted by atomic mass is 16.5. The molecule has 0 aliphatic carbocycles. The minimum absolute atomic E-state index is 0.426. The topological polar surface area (TPSA) is 9.23 Å². The van der Waals surface area contributed by atoms with Gasteiger partial charge in [-0.05, 0) is 31.4 Å². The van der Waals surface area contributed by atoms with Gasteiger partial charge in [0.05, 0.1) is 6.61 Å². The maximum atomic E-state index is 5.67. The van der Waals surface area contributed by atoms with Gasteiger partial charge in [0.1, 0.15) is 5.75 Å². The molecule has 1 heteroatoms. The number of rotatable bonds is 4. The van der Waals surface area contributed by atoms with E-state index in [1.165, 1.54) is 11.1 Å². The van der Waals surface area contributed by atoms with Gasteiger partial charge in [0, 0.05) is 12.8 Å². The highest BCUT2D eigenvalue weighted by molar-refractivity contribution is 5.39. The fourth-order valence-corrected chi connectivity index (χ4v) is 1.80. The molecule has 0 fully saturated rings. The van der Waals surface area contributed by atoms with E-state index >= 15 is 0 Å². The minimum Gasteiger partial charge on any atom is -0.494 e. The van der Waals surface area contributed by atoms with Gasteiger partial charge in [-0.2, -0.15) is 0 Å². The fourth-order valence-electron chi connectivity index (χ4n) is 1.80. The van der Waals surface area contributed by atoms with Gasteiger partial charge in [-0.1, -0.05) is 31.5 Å². The van der Waals surface area contributed by atoms with Crippen LogP contribution in [0.2, 0.25) is 0 Å². The summed E-state index contributed by atoms with van der Waals surface area (Å²) in [7, 11) is 0. The number of ether oxygens (including phenoxy) is 1. The van der Waals surface area contributed by atoms with Crippen LogP contribution in [0.4, 0.5) is 0 Å². The van der Waals surface area contributed by atoms with Crippen molar-refractivity contribution in [2.24, 2.45) is 0 Å². The molecule has 0 spiro atoms. The van der Waals surface area contributed by atoms with Crippen LogP contribution in [0.5, 0.6) is 5.75 Å². The van der Waals surface area contributed by atoms with Crippen molar-refractivity contribution >= 4 is 0 Å². The van der Waals surface area contributed by atoms with Crippen LogP contribution >= 0.6 is 0 Å². The van der Waals surface area contributed by atoms with Gasteiger partial charge in [-0.25, -0.2) is 0 Å². The normalized spacial score (nSPS) is 11.5. The second kappa shape index (κ2) is 7.01. The third-order valence-electron chi connectivity index (χ3n) is 2.71. The third kappa shape index (κ3) is 4.15. The van der Waals surface area contributed by atoms with Crippen molar-refractivity contribution in [2.75, 3.05) is 6.61 Å². The van der Waals surface area contributed by atoms with E-state index in [4.69, 9.17) is 4.74 Å². The summed E-state index contributed by atoms with van der Waals surface area (Å²) >= 11 is 0. The van der Waals surface area contributed by atoms with Crippen molar-refractivity contribution in [3.05, 3.63) is 29.3 Å². The molecule has 92 valence electrons. The fraction of sp³-hybridized carbons (Fsp3) is 0.500. The van der Waals surface area contributed by atoms with Gasteiger partial charge in [-0.3, -0.25) is 0 Å². The van der Waals surface area contributed by atoms with Crippen molar-refractivity contribution in [1.82, 2.24) is 0 Å². The van der Waals surface area contributed by atoms with Crippen LogP contribution in [0, 0.1) is 18.8 Å². The van der Waals surface area contributed by atoms with Crippen LogP contribution in [0.1, 0.15) is 50.7 Å². The molecule has 0 heterocycles. The molecule has 0 amide bonds. The highest BCUT2D eigenvalue weighted by Gasteiger charge is 2.10. The van der Waals surface area contributed by atoms with Crippen LogP contribution in [-0.4, -0.2) is 6.61 Å². The molecule has 1 aromatic rings. The second-order valence-electron chi connectivity index (χ2n) is 4.29. The molecule has 1 rings (SSSR count). The van der Waals surface area contributed by atoms with E-state index in [2.05, 4.69) is 50.8 Å². The van der Waals surface area contributed by atoms with Gasteiger partial charge in [-0.15, -0.1) is 11.8 Å². The zero-order valence-corrected chi connectivity index (χ0v) is 11.3. The van der Waals surface area contributed by atoms with Gasteiger partial charge < -0.3 is 4.74 Å². The average molecular weight is 230 g/mol. The van der Waals surface area contributed by atoms with Crippen molar-refractivity contribution < 1.29 is 4.74 Å². The maximum absolute atomic E-state index is 5.67. The molecule has 1 nitrogen and oxygen atoms in total. The largest absolute Gasteiger partial charge is 0.494 e. The Hall–Kier alpha value is -1.42. The lowest BCUT2D eigenvalue weighted by Gasteiger charge is -2.15. The van der Waals surface area contributed by atoms with E-state index in [1.54, 1.807) is 0 Å². The van der Waals surface area contributed by atoms with Crippen molar-refractivity contribution in [3.63, 3.8) is 0 Å². The molecule has 0 aromatic heterocycles. The summed E-state index contributed by atoms with van der Waals surface area (Å²) in [5.74, 6) is 7.77. The van der Waals surface area contributed by atoms with E-state index in [9.17, 15) is 0 Å². The quantitative estimate of drug-likeness (QED) is 0.701. The maximum Gasteiger partial charge on any atom is 0.122 e. The van der Waals surface area contributed by atoms with Crippen LogP contribution < -0.4 is 4.74 Å². The van der Waals surface area contributed by atoms with Crippen LogP contribution in [0.3, 0.4) is 0 Å². The molecule has 17 heavy (non-hydrogen) atoms. The Morgan fingerprint density at radius 2 is 2.00 bits per heavy atom. The number of hydrogen-bond acceptors (Lipinski definition) is 1. The van der Waals surface area contributed by atoms with E-state index < -0.39 is 0 Å². The van der Waals surface area contributed by atoms with Gasteiger partial charge in [0.15, 0.2) is 0 Å². The highest BCUT2D eigenvalue weighted by Crippen LogP contribution is 2.29. The Morgan fingerprint density at radius 1 is 1.24 bits per heavy atom. The molecule has 1 aromatic carbocycles. The summed E-state index contributed by atoms with van der Waals surface area (Å²) in [5.41, 5.74) is 2.55. The molecular formula is C16H22O. The second-order valence-corrected chi connectivity index (χ2v) is 4.29. The Kier molecular flexibility index (Phi) is 5.63. The molecular weight excluding hydrogens is 208 g/mol. The van der Waals surface area contributed by atoms with Crippen LogP contribution in [0.15, 0.2) is 18.2 Å². The first-order valence-electron chi connectivity index (χ1n) is 6.38. The zero-order valence-electron chi connectivity index (χ0n) is 11.3. The van der Waals surface area contributed by atoms with Crippen molar-refractivity contribution in [1.29, 1.82) is 0 Å². The molecule has 1 unspecified atom stereocenters. The molecule has 1 atom stereocenters. The first-order valence-corrected chi connectivity index (χ1v) is 6.38. The third-order valence-corrected chi connectivity index (χ3v) is 2.71. The monoisotopic (exact) mass is 230 g/mol. The van der Waals surface area contributed by atoms with Gasteiger partial charge in [0.2, 0.25) is 0 Å². The summed E-state index contributed by atoms with van der Waals surface area (Å²) in [6, 6.07) is 6.38. The van der Waals surface area contributed by atoms with E-state index in [-0.39, 0.29) is 0 Å². The lowest BCUT2D eigenvalue weighted by Crippen LogP contribution is -2.00. The van der Waals surface area contributed by atoms with E-state index in [1.807, 2.05) is 6.92 Å². The lowest BCUT2D eigenvalue weighted by molar-refractivity contribution is 0.334. The lowest BCUT2D eigenvalue weighted by atomic mass is 9.95. The summed E-state index contributed by atoms with van der Waals surface area (Å²) in [6.07, 6.45) is 1.83. The summed E-state index contributed by atoms with van der Waals surface area (Å²) < 4.78 is 5.67. The van der Waals surface area contributed by atoms with E-state index in [0.29, 0.717) is 12.5 Å². The number of benzene rings is 1. The molecule has 0 saturated carbocycles. The first-order chi connectivity index (χ1) is 8.19. The number of aryl methyl sites for hydroxylation is 1. The Morgan fingerprint density at radius 3 is 2.65 bits per heavy atom. The molecule has 0 bridgehead atoms. The van der Waals surface area contributed by atoms with Gasteiger partial charge >= 0.3 is 0 Å². The predicted molar refractivity (Wildman–Crippen MR) is 73.4 cm³/mol. The number of hydrogen-bond donors (Lipinski definition) is 0. The zero-order chi connectivity index (χ0) is 12.7. The average Bonchev–Trinajstić information content (AvgIpc) is 2.32. The Labute approximate surface area is 105 Å². The van der Waals surface area contributed by atoms with Crippen molar-refractivity contribution in [2.45, 2.75) is 46.5 Å². The standard InChI is InChI=1S/C16H22O/c1-5-7-8-9-14(4)15-12-13(3)10-11-16(15)17-6-2/h10-12,14H,5-6,9H2,1-4H3. The Bertz CT molecular complexity index is 409. The summed E-state index contributed by atoms with van der Waals surface area (Å²) in [4.78, 5) is 0. The molecule has 0 aliphatic heterocycles. The Balaban J connectivity index is 2.89. The molecule has 0 radical (unpaired) electrons. The van der Waals surface area contributed by atoms with Crippen LogP contribution in [0.25, 0.3) is 0 Å². The van der Waals surface area contributed by atoms with Crippen molar-refractivity contribution in [3.8, 4) is 17.6 Å². The first kappa shape index (κ1) is 13.6. The molecule has 0 saturated heterocycles. The smallest absolute Gasteiger partial charge is 0.122 e. The SMILES string of the molecule is CCC#CCC(C)c1cc(C)ccc1OCC. The van der Waals surface area contributed by atoms with E-state index in [0.717, 1.165) is 18.6 Å². The molecule has 0 aliphatic rings.